The van der Waals surface area contributed by atoms with Gasteiger partial charge in [-0.25, -0.2) is 4.98 Å². The van der Waals surface area contributed by atoms with E-state index in [9.17, 15) is 18.9 Å². The predicted octanol–water partition coefficient (Wildman–Crippen LogP) is 6.28. The van der Waals surface area contributed by atoms with Gasteiger partial charge in [0.05, 0.1) is 30.0 Å². The number of fused-ring (bicyclic) bond motifs is 1. The van der Waals surface area contributed by atoms with Crippen LogP contribution >= 0.6 is 19.2 Å². The number of carbonyl (C=O) groups excluding carboxylic acids is 3. The summed E-state index contributed by atoms with van der Waals surface area (Å²) in [5.74, 6) is 6.86. The maximum absolute atomic E-state index is 13.2. The monoisotopic (exact) mass is 854 g/mol. The molecule has 2 saturated heterocycles. The van der Waals surface area contributed by atoms with Gasteiger partial charge in [-0.15, -0.1) is 0 Å². The summed E-state index contributed by atoms with van der Waals surface area (Å²) in [7, 11) is 0.719. The number of imide groups is 1. The second kappa shape index (κ2) is 19.3. The molecule has 3 aliphatic heterocycles. The molecular weight excluding hydrogens is 807 g/mol. The number of unbranched alkanes of at least 4 members (excludes halogenated alkanes) is 2. The molecule has 4 aromatic rings. The topological polar surface area (TPSA) is 176 Å². The summed E-state index contributed by atoms with van der Waals surface area (Å²) in [6.45, 7) is 3.04. The number of para-hydroxylation sites is 1. The number of aromatic nitrogens is 2. The van der Waals surface area contributed by atoms with Crippen LogP contribution in [-0.2, 0) is 29.7 Å². The van der Waals surface area contributed by atoms with Crippen LogP contribution in [0.3, 0.4) is 0 Å². The molecule has 0 spiro atoms. The highest BCUT2D eigenvalue weighted by Crippen LogP contribution is 2.47. The van der Waals surface area contributed by atoms with Gasteiger partial charge in [-0.05, 0) is 80.6 Å². The van der Waals surface area contributed by atoms with Gasteiger partial charge in [-0.3, -0.25) is 24.3 Å². The Labute approximate surface area is 354 Å². The zero-order valence-corrected chi connectivity index (χ0v) is 35.4. The number of rotatable bonds is 15. The SMILES string of the molecule is COc1cc(N2CCC(NCCCCC#Cc3cccc4c3CN(C3CCC(=O)NC3=O)C4=O)CC2)ccc1Nc1ncc(Cl)c(Nc2ccccc2P(=O)(OC)OC)n1. The van der Waals surface area contributed by atoms with E-state index in [0.29, 0.717) is 52.8 Å². The Bertz CT molecular complexity index is 2360. The highest BCUT2D eigenvalue weighted by Gasteiger charge is 2.39. The van der Waals surface area contributed by atoms with Gasteiger partial charge in [-0.1, -0.05) is 41.6 Å². The van der Waals surface area contributed by atoms with E-state index in [-0.39, 0.29) is 29.2 Å². The summed E-state index contributed by atoms with van der Waals surface area (Å²) in [6, 6.07) is 18.2. The van der Waals surface area contributed by atoms with Crippen molar-refractivity contribution in [3.05, 3.63) is 88.6 Å². The fraction of sp³-hybridized carbons (Fsp3) is 0.372. The molecule has 1 aromatic heterocycles. The molecule has 3 amide bonds. The lowest BCUT2D eigenvalue weighted by Crippen LogP contribution is -2.52. The van der Waals surface area contributed by atoms with Gasteiger partial charge >= 0.3 is 7.60 Å². The standard InChI is InChI=1S/C43H48ClN8O7P/c1-57-37-25-30(16-17-34(37)48-43-46-26-33(44)40(50-43)47-35-14-7-8-15-38(35)60(56,58-2)59-3)51-23-20-29(21-24-51)45-22-9-5-4-6-11-28-12-10-13-31-32(28)27-52(42(31)55)36-18-19-39(53)49-41(36)54/h7-8,10,12-17,25-26,29,36,45H,4-5,9,18-24,27H2,1-3H3,(H,49,53,54)(H2,46,47,48,50). The van der Waals surface area contributed by atoms with Crippen molar-refractivity contribution >= 4 is 71.1 Å². The Hall–Kier alpha value is -5.49. The molecule has 2 fully saturated rings. The molecule has 314 valence electrons. The number of carbonyl (C=O) groups is 3. The van der Waals surface area contributed by atoms with E-state index in [0.717, 1.165) is 68.6 Å². The second-order valence-electron chi connectivity index (χ2n) is 14.6. The van der Waals surface area contributed by atoms with E-state index in [1.54, 1.807) is 42.3 Å². The van der Waals surface area contributed by atoms with Crippen LogP contribution < -0.4 is 36.2 Å². The molecule has 4 N–H and O–H groups in total. The summed E-state index contributed by atoms with van der Waals surface area (Å²) in [6.07, 6.45) is 6.76. The number of hydrogen-bond acceptors (Lipinski definition) is 13. The lowest BCUT2D eigenvalue weighted by Gasteiger charge is -2.34. The lowest BCUT2D eigenvalue weighted by atomic mass is 10.0. The average Bonchev–Trinajstić information content (AvgIpc) is 3.60. The number of anilines is 5. The van der Waals surface area contributed by atoms with E-state index in [4.69, 9.17) is 25.4 Å². The molecule has 15 nitrogen and oxygen atoms in total. The summed E-state index contributed by atoms with van der Waals surface area (Å²) in [5, 5.41) is 13.1. The van der Waals surface area contributed by atoms with E-state index in [2.05, 4.69) is 48.0 Å². The number of hydrogen-bond donors (Lipinski definition) is 4. The molecule has 1 atom stereocenters. The van der Waals surface area contributed by atoms with Gasteiger partial charge in [0.25, 0.3) is 5.91 Å². The summed E-state index contributed by atoms with van der Waals surface area (Å²) in [5.41, 5.74) is 4.44. The molecule has 3 aliphatic rings. The minimum atomic E-state index is -3.56. The van der Waals surface area contributed by atoms with Gasteiger partial charge < -0.3 is 39.5 Å². The van der Waals surface area contributed by atoms with E-state index >= 15 is 0 Å². The molecular formula is C43H48ClN8O7P. The highest BCUT2D eigenvalue weighted by atomic mass is 35.5. The number of halogens is 1. The van der Waals surface area contributed by atoms with E-state index < -0.39 is 19.5 Å². The number of amides is 3. The maximum Gasteiger partial charge on any atom is 0.362 e. The summed E-state index contributed by atoms with van der Waals surface area (Å²) in [4.78, 5) is 50.0. The third-order valence-electron chi connectivity index (χ3n) is 10.9. The fourth-order valence-corrected chi connectivity index (χ4v) is 9.05. The second-order valence-corrected chi connectivity index (χ2v) is 17.2. The normalized spacial score (nSPS) is 16.9. The van der Waals surface area contributed by atoms with Crippen molar-refractivity contribution in [3.8, 4) is 17.6 Å². The van der Waals surface area contributed by atoms with Crippen LogP contribution in [0.15, 0.2) is 66.9 Å². The summed E-state index contributed by atoms with van der Waals surface area (Å²) < 4.78 is 29.4. The minimum absolute atomic E-state index is 0.189. The quantitative estimate of drug-likeness (QED) is 0.0456. The number of methoxy groups -OCH3 is 1. The van der Waals surface area contributed by atoms with Crippen LogP contribution in [0.2, 0.25) is 5.02 Å². The predicted molar refractivity (Wildman–Crippen MR) is 231 cm³/mol. The van der Waals surface area contributed by atoms with Gasteiger partial charge in [0.15, 0.2) is 5.82 Å². The third kappa shape index (κ3) is 9.59. The van der Waals surface area contributed by atoms with Gasteiger partial charge in [0.2, 0.25) is 17.8 Å². The van der Waals surface area contributed by atoms with Crippen molar-refractivity contribution in [1.82, 2.24) is 25.5 Å². The van der Waals surface area contributed by atoms with Crippen LogP contribution in [0.5, 0.6) is 5.75 Å². The third-order valence-corrected chi connectivity index (χ3v) is 13.2. The van der Waals surface area contributed by atoms with Crippen molar-refractivity contribution < 1.29 is 32.7 Å². The minimum Gasteiger partial charge on any atom is -0.494 e. The van der Waals surface area contributed by atoms with Crippen LogP contribution in [0.1, 0.15) is 66.4 Å². The van der Waals surface area contributed by atoms with Crippen molar-refractivity contribution in [2.45, 2.75) is 63.6 Å². The molecule has 7 rings (SSSR count). The van der Waals surface area contributed by atoms with Crippen molar-refractivity contribution in [2.75, 3.05) is 56.5 Å². The maximum atomic E-state index is 13.2. The largest absolute Gasteiger partial charge is 0.494 e. The number of benzene rings is 3. The fourth-order valence-electron chi connectivity index (χ4n) is 7.68. The lowest BCUT2D eigenvalue weighted by molar-refractivity contribution is -0.136. The summed E-state index contributed by atoms with van der Waals surface area (Å²) >= 11 is 6.47. The van der Waals surface area contributed by atoms with Crippen LogP contribution in [0.4, 0.5) is 28.8 Å². The Morgan fingerprint density at radius 3 is 2.52 bits per heavy atom. The van der Waals surface area contributed by atoms with Crippen molar-refractivity contribution in [3.63, 3.8) is 0 Å². The molecule has 0 saturated carbocycles. The Morgan fingerprint density at radius 2 is 1.75 bits per heavy atom. The number of nitrogens with zero attached hydrogens (tertiary/aromatic N) is 4. The molecule has 0 radical (unpaired) electrons. The van der Waals surface area contributed by atoms with E-state index in [1.165, 1.54) is 20.4 Å². The molecule has 0 aliphatic carbocycles. The Morgan fingerprint density at radius 1 is 0.950 bits per heavy atom. The Kier molecular flexibility index (Phi) is 13.7. The molecule has 3 aromatic carbocycles. The Balaban J connectivity index is 0.864. The number of ether oxygens (including phenoxy) is 1. The first-order valence-electron chi connectivity index (χ1n) is 19.9. The van der Waals surface area contributed by atoms with Crippen LogP contribution in [-0.4, -0.2) is 85.6 Å². The first kappa shape index (κ1) is 42.6. The van der Waals surface area contributed by atoms with Gasteiger partial charge in [0, 0.05) is 75.6 Å². The van der Waals surface area contributed by atoms with Crippen molar-refractivity contribution in [2.24, 2.45) is 0 Å². The van der Waals surface area contributed by atoms with Gasteiger partial charge in [-0.2, -0.15) is 4.98 Å². The van der Waals surface area contributed by atoms with Crippen molar-refractivity contribution in [1.29, 1.82) is 0 Å². The molecule has 60 heavy (non-hydrogen) atoms. The zero-order valence-electron chi connectivity index (χ0n) is 33.8. The average molecular weight is 855 g/mol. The molecule has 1 unspecified atom stereocenters. The first-order valence-corrected chi connectivity index (χ1v) is 21.8. The number of nitrogens with one attached hydrogen (secondary N) is 4. The highest BCUT2D eigenvalue weighted by molar-refractivity contribution is 7.62. The molecule has 17 heteroatoms. The first-order chi connectivity index (χ1) is 29.1. The van der Waals surface area contributed by atoms with Gasteiger partial charge in [0.1, 0.15) is 16.8 Å². The smallest absolute Gasteiger partial charge is 0.362 e. The molecule has 0 bridgehead atoms. The molecule has 4 heterocycles. The number of piperidine rings is 2. The van der Waals surface area contributed by atoms with Crippen LogP contribution in [0, 0.1) is 11.8 Å². The zero-order chi connectivity index (χ0) is 42.2. The van der Waals surface area contributed by atoms with E-state index in [1.807, 2.05) is 30.3 Å². The van der Waals surface area contributed by atoms with Crippen LogP contribution in [0.25, 0.3) is 0 Å².